The zero-order chi connectivity index (χ0) is 20.1. The molecule has 1 aliphatic rings. The molecule has 1 aliphatic heterocycles. The van der Waals surface area contributed by atoms with E-state index in [0.717, 1.165) is 0 Å². The monoisotopic (exact) mass is 405 g/mol. The van der Waals surface area contributed by atoms with Gasteiger partial charge in [-0.3, -0.25) is 25.2 Å². The van der Waals surface area contributed by atoms with Crippen molar-refractivity contribution in [2.45, 2.75) is 12.8 Å². The normalized spacial score (nSPS) is 17.6. The summed E-state index contributed by atoms with van der Waals surface area (Å²) >= 11 is 0. The molecular weight excluding hydrogens is 386 g/mol. The van der Waals surface area contributed by atoms with Gasteiger partial charge >= 0.3 is 0 Å². The lowest BCUT2D eigenvalue weighted by atomic mass is 10.1. The van der Waals surface area contributed by atoms with E-state index in [1.165, 1.54) is 24.5 Å². The molecule has 0 unspecified atom stereocenters. The zero-order valence-electron chi connectivity index (χ0n) is 14.8. The summed E-state index contributed by atoms with van der Waals surface area (Å²) in [6, 6.07) is 9.19. The number of benzene rings is 1. The van der Waals surface area contributed by atoms with Crippen LogP contribution in [0.2, 0.25) is 0 Å². The van der Waals surface area contributed by atoms with Crippen molar-refractivity contribution in [3.8, 4) is 0 Å². The smallest absolute Gasteiger partial charge is 0.291 e. The molecule has 1 aromatic heterocycles. The van der Waals surface area contributed by atoms with E-state index in [2.05, 4.69) is 16.2 Å². The van der Waals surface area contributed by atoms with Gasteiger partial charge in [0, 0.05) is 17.7 Å². The Morgan fingerprint density at radius 1 is 1.04 bits per heavy atom. The van der Waals surface area contributed by atoms with Gasteiger partial charge in [-0.2, -0.15) is 0 Å². The number of sulfone groups is 1. The van der Waals surface area contributed by atoms with Crippen LogP contribution in [0.4, 0.5) is 5.69 Å². The van der Waals surface area contributed by atoms with Gasteiger partial charge in [0.25, 0.3) is 11.8 Å². The number of hydrogen-bond donors (Lipinski definition) is 3. The zero-order valence-corrected chi connectivity index (χ0v) is 15.6. The highest BCUT2D eigenvalue weighted by Gasteiger charge is 2.29. The third-order valence-corrected chi connectivity index (χ3v) is 6.10. The summed E-state index contributed by atoms with van der Waals surface area (Å²) < 4.78 is 27.8. The van der Waals surface area contributed by atoms with Crippen LogP contribution >= 0.6 is 0 Å². The SMILES string of the molecule is O=C(C[C@@H]1CCS(=O)(=O)C1)NNC(=O)c1ccc(NC(=O)c2ccco2)cc1. The standard InChI is InChI=1S/C18H19N3O6S/c22-16(10-12-7-9-28(25,26)11-12)20-21-17(23)13-3-5-14(6-4-13)19-18(24)15-2-1-8-27-15/h1-6,8,12H,7,9-11H2,(H,19,24)(H,20,22)(H,21,23)/t12-/m0/s1. The second-order valence-electron chi connectivity index (χ2n) is 6.48. The highest BCUT2D eigenvalue weighted by molar-refractivity contribution is 7.91. The van der Waals surface area contributed by atoms with Crippen molar-refractivity contribution in [1.29, 1.82) is 0 Å². The third-order valence-electron chi connectivity index (χ3n) is 4.27. The Labute approximate surface area is 161 Å². The number of anilines is 1. The largest absolute Gasteiger partial charge is 0.459 e. The molecule has 28 heavy (non-hydrogen) atoms. The summed E-state index contributed by atoms with van der Waals surface area (Å²) in [5, 5.41) is 2.62. The molecule has 3 rings (SSSR count). The summed E-state index contributed by atoms with van der Waals surface area (Å²) in [4.78, 5) is 35.8. The Bertz CT molecular complexity index is 967. The minimum Gasteiger partial charge on any atom is -0.459 e. The second kappa shape index (κ2) is 8.26. The van der Waals surface area contributed by atoms with Crippen molar-refractivity contribution in [3.63, 3.8) is 0 Å². The molecule has 1 saturated heterocycles. The van der Waals surface area contributed by atoms with Crippen LogP contribution in [0.3, 0.4) is 0 Å². The fourth-order valence-corrected chi connectivity index (χ4v) is 4.71. The molecule has 0 saturated carbocycles. The predicted octanol–water partition coefficient (Wildman–Crippen LogP) is 1.12. The van der Waals surface area contributed by atoms with Gasteiger partial charge in [-0.1, -0.05) is 0 Å². The van der Waals surface area contributed by atoms with E-state index in [-0.39, 0.29) is 35.2 Å². The molecule has 0 bridgehead atoms. The van der Waals surface area contributed by atoms with Crippen molar-refractivity contribution in [2.75, 3.05) is 16.8 Å². The van der Waals surface area contributed by atoms with E-state index in [1.807, 2.05) is 0 Å². The third kappa shape index (κ3) is 5.19. The van der Waals surface area contributed by atoms with E-state index in [4.69, 9.17) is 4.42 Å². The highest BCUT2D eigenvalue weighted by atomic mass is 32.2. The van der Waals surface area contributed by atoms with Crippen LogP contribution in [0.1, 0.15) is 33.8 Å². The first-order chi connectivity index (χ1) is 13.3. The topological polar surface area (TPSA) is 135 Å². The van der Waals surface area contributed by atoms with Crippen LogP contribution in [0, 0.1) is 5.92 Å². The van der Waals surface area contributed by atoms with Gasteiger partial charge in [0.2, 0.25) is 5.91 Å². The maximum Gasteiger partial charge on any atom is 0.291 e. The fraction of sp³-hybridized carbons (Fsp3) is 0.278. The van der Waals surface area contributed by atoms with E-state index < -0.39 is 27.6 Å². The molecule has 9 nitrogen and oxygen atoms in total. The molecule has 1 atom stereocenters. The molecule has 0 radical (unpaired) electrons. The Morgan fingerprint density at radius 3 is 2.39 bits per heavy atom. The molecule has 1 fully saturated rings. The molecule has 3 amide bonds. The molecule has 3 N–H and O–H groups in total. The van der Waals surface area contributed by atoms with Crippen LogP contribution < -0.4 is 16.2 Å². The summed E-state index contributed by atoms with van der Waals surface area (Å²) in [5.41, 5.74) is 5.32. The van der Waals surface area contributed by atoms with Crippen LogP contribution in [-0.2, 0) is 14.6 Å². The number of carbonyl (C=O) groups excluding carboxylic acids is 3. The summed E-state index contributed by atoms with van der Waals surface area (Å²) in [5.74, 6) is -1.35. The molecule has 0 aliphatic carbocycles. The summed E-state index contributed by atoms with van der Waals surface area (Å²) in [6.45, 7) is 0. The molecule has 2 aromatic rings. The van der Waals surface area contributed by atoms with Crippen LogP contribution in [0.15, 0.2) is 47.1 Å². The Morgan fingerprint density at radius 2 is 1.79 bits per heavy atom. The number of carbonyl (C=O) groups is 3. The minimum atomic E-state index is -3.05. The molecule has 2 heterocycles. The lowest BCUT2D eigenvalue weighted by molar-refractivity contribution is -0.122. The van der Waals surface area contributed by atoms with E-state index in [1.54, 1.807) is 18.2 Å². The minimum absolute atomic E-state index is 0.000442. The number of rotatable bonds is 5. The summed E-state index contributed by atoms with van der Waals surface area (Å²) in [7, 11) is -3.05. The van der Waals surface area contributed by atoms with Gasteiger partial charge in [-0.15, -0.1) is 0 Å². The number of amides is 3. The van der Waals surface area contributed by atoms with E-state index in [9.17, 15) is 22.8 Å². The molecule has 1 aromatic carbocycles. The molecule has 0 spiro atoms. The number of furan rings is 1. The predicted molar refractivity (Wildman–Crippen MR) is 100 cm³/mol. The highest BCUT2D eigenvalue weighted by Crippen LogP contribution is 2.21. The maximum absolute atomic E-state index is 12.1. The maximum atomic E-state index is 12.1. The average molecular weight is 405 g/mol. The Hall–Kier alpha value is -3.14. The number of hydrazine groups is 1. The van der Waals surface area contributed by atoms with Crippen molar-refractivity contribution in [1.82, 2.24) is 10.9 Å². The lowest BCUT2D eigenvalue weighted by Crippen LogP contribution is -2.42. The van der Waals surface area contributed by atoms with Gasteiger partial charge in [-0.25, -0.2) is 8.42 Å². The van der Waals surface area contributed by atoms with Gasteiger partial charge in [-0.05, 0) is 48.7 Å². The Balaban J connectivity index is 1.46. The summed E-state index contributed by atoms with van der Waals surface area (Å²) in [6.07, 6.45) is 1.88. The van der Waals surface area contributed by atoms with Crippen molar-refractivity contribution in [2.24, 2.45) is 5.92 Å². The van der Waals surface area contributed by atoms with Crippen molar-refractivity contribution < 1.29 is 27.2 Å². The van der Waals surface area contributed by atoms with Crippen molar-refractivity contribution >= 4 is 33.2 Å². The molecule has 148 valence electrons. The van der Waals surface area contributed by atoms with Gasteiger partial charge in [0.1, 0.15) is 0 Å². The molecule has 10 heteroatoms. The van der Waals surface area contributed by atoms with Crippen molar-refractivity contribution in [3.05, 3.63) is 54.0 Å². The first-order valence-electron chi connectivity index (χ1n) is 8.57. The first kappa shape index (κ1) is 19.6. The number of hydrogen-bond acceptors (Lipinski definition) is 6. The molecular formula is C18H19N3O6S. The quantitative estimate of drug-likeness (QED) is 0.638. The van der Waals surface area contributed by atoms with Gasteiger partial charge < -0.3 is 9.73 Å². The van der Waals surface area contributed by atoms with Gasteiger partial charge in [0.05, 0.1) is 17.8 Å². The van der Waals surface area contributed by atoms with Crippen LogP contribution in [0.25, 0.3) is 0 Å². The van der Waals surface area contributed by atoms with Crippen LogP contribution in [0.5, 0.6) is 0 Å². The average Bonchev–Trinajstić information content (AvgIpc) is 3.30. The van der Waals surface area contributed by atoms with Gasteiger partial charge in [0.15, 0.2) is 15.6 Å². The van der Waals surface area contributed by atoms with Crippen LogP contribution in [-0.4, -0.2) is 37.6 Å². The number of nitrogens with one attached hydrogen (secondary N) is 3. The lowest BCUT2D eigenvalue weighted by Gasteiger charge is -2.10. The Kier molecular flexibility index (Phi) is 5.78. The first-order valence-corrected chi connectivity index (χ1v) is 10.4. The fourth-order valence-electron chi connectivity index (χ4n) is 2.85. The van der Waals surface area contributed by atoms with E-state index >= 15 is 0 Å². The van der Waals surface area contributed by atoms with E-state index in [0.29, 0.717) is 12.1 Å². The second-order valence-corrected chi connectivity index (χ2v) is 8.71.